The molecule has 42 valence electrons. The maximum absolute atomic E-state index is 5.36. The van der Waals surface area contributed by atoms with E-state index in [0.717, 1.165) is 5.56 Å². The van der Waals surface area contributed by atoms with Gasteiger partial charge in [-0.3, -0.25) is 0 Å². The molecule has 0 bridgehead atoms. The van der Waals surface area contributed by atoms with Gasteiger partial charge in [-0.25, -0.2) is 0 Å². The van der Waals surface area contributed by atoms with E-state index in [1.807, 2.05) is 30.3 Å². The summed E-state index contributed by atoms with van der Waals surface area (Å²) in [4.78, 5) is 0. The Bertz CT molecular complexity index is 134. The summed E-state index contributed by atoms with van der Waals surface area (Å²) < 4.78 is 0. The first-order chi connectivity index (χ1) is 3.39. The second-order valence-electron chi connectivity index (χ2n) is 1.41. The van der Waals surface area contributed by atoms with Gasteiger partial charge in [0.1, 0.15) is 0 Å². The van der Waals surface area contributed by atoms with Crippen molar-refractivity contribution in [1.29, 1.82) is 0 Å². The van der Waals surface area contributed by atoms with Crippen molar-refractivity contribution < 1.29 is 19.5 Å². The van der Waals surface area contributed by atoms with Gasteiger partial charge in [0.25, 0.3) is 0 Å². The Labute approximate surface area is 62.7 Å². The Kier molecular flexibility index (Phi) is 3.72. The van der Waals surface area contributed by atoms with Crippen LogP contribution in [0.5, 0.6) is 0 Å². The van der Waals surface area contributed by atoms with Gasteiger partial charge in [-0.2, -0.15) is 0 Å². The Morgan fingerprint density at radius 3 is 1.75 bits per heavy atom. The van der Waals surface area contributed by atoms with Gasteiger partial charge in [0.2, 0.25) is 0 Å². The normalized spacial score (nSPS) is 7.62. The van der Waals surface area contributed by atoms with Crippen LogP contribution in [0.4, 0.5) is 0 Å². The molecule has 1 aromatic carbocycles. The monoisotopic (exact) mass is 192 g/mol. The van der Waals surface area contributed by atoms with E-state index in [1.54, 1.807) is 0 Å². The third-order valence-corrected chi connectivity index (χ3v) is 0.800. The first-order valence-corrected chi connectivity index (χ1v) is 2.20. The quantitative estimate of drug-likeness (QED) is 0.548. The molecule has 0 aliphatic heterocycles. The van der Waals surface area contributed by atoms with Crippen molar-refractivity contribution >= 4 is 0 Å². The zero-order chi connectivity index (χ0) is 5.11. The number of hydrogen-bond acceptors (Lipinski definition) is 0. The van der Waals surface area contributed by atoms with Crippen LogP contribution < -0.4 is 0 Å². The van der Waals surface area contributed by atoms with Crippen LogP contribution in [-0.4, -0.2) is 0 Å². The molecule has 0 unspecified atom stereocenters. The molecule has 0 spiro atoms. The van der Waals surface area contributed by atoms with Gasteiger partial charge in [-0.05, 0) is 12.5 Å². The van der Waals surface area contributed by atoms with Crippen LogP contribution in [0.3, 0.4) is 0 Å². The Morgan fingerprint density at radius 2 is 1.50 bits per heavy atom. The molecule has 0 aliphatic carbocycles. The molecule has 1 heteroatoms. The largest absolute Gasteiger partial charge is 0.0622 e. The molecule has 0 saturated carbocycles. The molecular formula is C7H6Ru. The third-order valence-electron chi connectivity index (χ3n) is 0.800. The number of hydrogen-bond donors (Lipinski definition) is 0. The second kappa shape index (κ2) is 3.80. The minimum Gasteiger partial charge on any atom is -0.0622 e. The molecule has 2 radical (unpaired) electrons. The van der Waals surface area contributed by atoms with Crippen LogP contribution in [-0.2, 0) is 19.5 Å². The van der Waals surface area contributed by atoms with E-state index in [9.17, 15) is 0 Å². The van der Waals surface area contributed by atoms with E-state index < -0.39 is 0 Å². The third kappa shape index (κ3) is 2.23. The van der Waals surface area contributed by atoms with E-state index in [1.165, 1.54) is 0 Å². The van der Waals surface area contributed by atoms with Crippen molar-refractivity contribution in [3.63, 3.8) is 0 Å². The first kappa shape index (κ1) is 7.84. The first-order valence-electron chi connectivity index (χ1n) is 2.20. The standard InChI is InChI=1S/C7H6.Ru/c1-7-5-3-2-4-6-7;/h1-6H;. The molecule has 0 aliphatic rings. The molecule has 0 N–H and O–H groups in total. The van der Waals surface area contributed by atoms with Gasteiger partial charge in [-0.15, -0.1) is 0 Å². The molecule has 0 amide bonds. The van der Waals surface area contributed by atoms with Gasteiger partial charge in [0.15, 0.2) is 0 Å². The van der Waals surface area contributed by atoms with E-state index >= 15 is 0 Å². The molecule has 0 nitrogen and oxygen atoms in total. The Morgan fingerprint density at radius 1 is 1.00 bits per heavy atom. The topological polar surface area (TPSA) is 0 Å². The van der Waals surface area contributed by atoms with Crippen LogP contribution >= 0.6 is 0 Å². The molecule has 0 atom stereocenters. The van der Waals surface area contributed by atoms with Crippen molar-refractivity contribution in [3.8, 4) is 0 Å². The molecule has 0 saturated heterocycles. The SMILES string of the molecule is [CH]c1ccccc1.[Ru]. The fourth-order valence-corrected chi connectivity index (χ4v) is 0.453. The summed E-state index contributed by atoms with van der Waals surface area (Å²) in [6.45, 7) is 5.36. The average molecular weight is 191 g/mol. The summed E-state index contributed by atoms with van der Waals surface area (Å²) >= 11 is 0. The van der Waals surface area contributed by atoms with Gasteiger partial charge >= 0.3 is 0 Å². The van der Waals surface area contributed by atoms with E-state index in [0.29, 0.717) is 0 Å². The van der Waals surface area contributed by atoms with Crippen molar-refractivity contribution in [3.05, 3.63) is 42.8 Å². The average Bonchev–Trinajstić information content (AvgIpc) is 1.69. The van der Waals surface area contributed by atoms with Gasteiger partial charge in [0.05, 0.1) is 0 Å². The Balaban J connectivity index is 0.000000490. The molecule has 1 aromatic rings. The fourth-order valence-electron chi connectivity index (χ4n) is 0.453. The summed E-state index contributed by atoms with van der Waals surface area (Å²) in [5.74, 6) is 0. The molecule has 0 heterocycles. The van der Waals surface area contributed by atoms with Crippen LogP contribution in [0, 0.1) is 6.92 Å². The summed E-state index contributed by atoms with van der Waals surface area (Å²) in [5.41, 5.74) is 0.822. The minimum atomic E-state index is 0. The summed E-state index contributed by atoms with van der Waals surface area (Å²) in [6.07, 6.45) is 0. The van der Waals surface area contributed by atoms with E-state index in [-0.39, 0.29) is 19.5 Å². The molecular weight excluding hydrogens is 185 g/mol. The second-order valence-corrected chi connectivity index (χ2v) is 1.41. The van der Waals surface area contributed by atoms with Crippen molar-refractivity contribution in [2.45, 2.75) is 0 Å². The maximum atomic E-state index is 5.36. The summed E-state index contributed by atoms with van der Waals surface area (Å²) in [5, 5.41) is 0. The van der Waals surface area contributed by atoms with Crippen LogP contribution in [0.15, 0.2) is 30.3 Å². The summed E-state index contributed by atoms with van der Waals surface area (Å²) in [6, 6.07) is 9.49. The smallest absolute Gasteiger partial charge is 0 e. The fraction of sp³-hybridized carbons (Fsp3) is 0. The number of rotatable bonds is 0. The van der Waals surface area contributed by atoms with Gasteiger partial charge < -0.3 is 0 Å². The van der Waals surface area contributed by atoms with Crippen LogP contribution in [0.2, 0.25) is 0 Å². The van der Waals surface area contributed by atoms with E-state index in [4.69, 9.17) is 6.92 Å². The van der Waals surface area contributed by atoms with Crippen LogP contribution in [0.25, 0.3) is 0 Å². The van der Waals surface area contributed by atoms with Crippen molar-refractivity contribution in [1.82, 2.24) is 0 Å². The molecule has 1 rings (SSSR count). The zero-order valence-corrected chi connectivity index (χ0v) is 6.06. The molecule has 8 heavy (non-hydrogen) atoms. The summed E-state index contributed by atoms with van der Waals surface area (Å²) in [7, 11) is 0. The predicted molar refractivity (Wildman–Crippen MR) is 29.8 cm³/mol. The van der Waals surface area contributed by atoms with Gasteiger partial charge in [0, 0.05) is 19.5 Å². The maximum Gasteiger partial charge on any atom is 0 e. The molecule has 0 aromatic heterocycles. The van der Waals surface area contributed by atoms with Crippen molar-refractivity contribution in [2.75, 3.05) is 0 Å². The van der Waals surface area contributed by atoms with Crippen molar-refractivity contribution in [2.24, 2.45) is 0 Å². The van der Waals surface area contributed by atoms with Crippen LogP contribution in [0.1, 0.15) is 5.56 Å². The van der Waals surface area contributed by atoms with E-state index in [2.05, 4.69) is 0 Å². The number of benzene rings is 1. The molecule has 0 fully saturated rings. The minimum absolute atomic E-state index is 0. The Hall–Kier alpha value is -0.157. The predicted octanol–water partition coefficient (Wildman–Crippen LogP) is 1.74. The zero-order valence-electron chi connectivity index (χ0n) is 4.32. The van der Waals surface area contributed by atoms with Gasteiger partial charge in [-0.1, -0.05) is 30.3 Å².